The molecule has 2 nitrogen and oxygen atoms in total. The SMILES string of the molecule is c1ccc(-c2c(-c3ccccc3)c3cc(N(c4ccc(-c5ccc(-c6cccc7ccccc67)cc5)cc4)c4ccc(-c5cccc6c5oc5ccccc56)cc4)ccc3c3ccccc23)cc1. The van der Waals surface area contributed by atoms with Crippen LogP contribution in [-0.4, -0.2) is 0 Å². The van der Waals surface area contributed by atoms with Gasteiger partial charge in [-0.05, 0) is 125 Å². The number of rotatable bonds is 8. The Morgan fingerprint density at radius 1 is 0.250 bits per heavy atom. The van der Waals surface area contributed by atoms with E-state index in [1.807, 2.05) is 12.1 Å². The van der Waals surface area contributed by atoms with Gasteiger partial charge in [-0.25, -0.2) is 0 Å². The average molecular weight is 866 g/mol. The lowest BCUT2D eigenvalue weighted by molar-refractivity contribution is 0.670. The third-order valence-corrected chi connectivity index (χ3v) is 13.7. The van der Waals surface area contributed by atoms with Crippen molar-refractivity contribution < 1.29 is 4.42 Å². The van der Waals surface area contributed by atoms with E-state index in [4.69, 9.17) is 4.42 Å². The van der Waals surface area contributed by atoms with Crippen LogP contribution in [0.15, 0.2) is 265 Å². The first kappa shape index (κ1) is 39.4. The number of hydrogen-bond acceptors (Lipinski definition) is 2. The maximum atomic E-state index is 6.50. The molecule has 0 aliphatic carbocycles. The number of fused-ring (bicyclic) bond motifs is 7. The van der Waals surface area contributed by atoms with Gasteiger partial charge in [0.25, 0.3) is 0 Å². The summed E-state index contributed by atoms with van der Waals surface area (Å²) in [7, 11) is 0. The molecule has 0 atom stereocenters. The first-order valence-corrected chi connectivity index (χ1v) is 23.3. The van der Waals surface area contributed by atoms with Crippen molar-refractivity contribution in [2.24, 2.45) is 0 Å². The molecule has 0 radical (unpaired) electrons. The molecule has 2 heteroatoms. The predicted octanol–water partition coefficient (Wildman–Crippen LogP) is 18.9. The first-order chi connectivity index (χ1) is 33.7. The zero-order valence-electron chi connectivity index (χ0n) is 37.2. The summed E-state index contributed by atoms with van der Waals surface area (Å²) in [6, 6.07) is 94.4. The minimum atomic E-state index is 0.899. The maximum absolute atomic E-state index is 6.50. The molecule has 0 spiro atoms. The summed E-state index contributed by atoms with van der Waals surface area (Å²) >= 11 is 0. The molecule has 1 aromatic heterocycles. The number of benzene rings is 12. The molecule has 0 saturated carbocycles. The minimum Gasteiger partial charge on any atom is -0.455 e. The summed E-state index contributed by atoms with van der Waals surface area (Å²) in [5.74, 6) is 0. The summed E-state index contributed by atoms with van der Waals surface area (Å²) in [6.07, 6.45) is 0. The van der Waals surface area contributed by atoms with Crippen molar-refractivity contribution >= 4 is 71.3 Å². The number of para-hydroxylation sites is 2. The van der Waals surface area contributed by atoms with Crippen LogP contribution >= 0.6 is 0 Å². The maximum Gasteiger partial charge on any atom is 0.143 e. The zero-order valence-corrected chi connectivity index (χ0v) is 37.2. The summed E-state index contributed by atoms with van der Waals surface area (Å²) in [5, 5.41) is 9.67. The standard InChI is InChI=1S/C66H43NO/c1-3-16-49(17-4-1)64-60-24-10-9-22-57(60)58-42-41-53(43-62(58)65(64)50-18-5-2-6-19-50)67(52-39-35-48(36-40-52)56-26-14-27-61-59-23-11-12-28-63(59)68-66(56)61)51-37-33-45(34-38-51)44-29-31-47(32-30-44)55-25-13-20-46-15-7-8-21-54(46)55/h1-43H. The van der Waals surface area contributed by atoms with Crippen LogP contribution in [0.3, 0.4) is 0 Å². The van der Waals surface area contributed by atoms with E-state index in [2.05, 4.69) is 254 Å². The monoisotopic (exact) mass is 865 g/mol. The van der Waals surface area contributed by atoms with Gasteiger partial charge in [0.1, 0.15) is 11.2 Å². The highest BCUT2D eigenvalue weighted by Gasteiger charge is 2.21. The lowest BCUT2D eigenvalue weighted by atomic mass is 9.85. The van der Waals surface area contributed by atoms with Crippen molar-refractivity contribution in [1.82, 2.24) is 0 Å². The molecule has 318 valence electrons. The van der Waals surface area contributed by atoms with E-state index in [-0.39, 0.29) is 0 Å². The quantitative estimate of drug-likeness (QED) is 0.142. The van der Waals surface area contributed by atoms with Crippen LogP contribution in [0.2, 0.25) is 0 Å². The van der Waals surface area contributed by atoms with E-state index in [1.165, 1.54) is 71.3 Å². The average Bonchev–Trinajstić information content (AvgIpc) is 3.80. The van der Waals surface area contributed by atoms with Crippen molar-refractivity contribution in [3.05, 3.63) is 261 Å². The number of hydrogen-bond donors (Lipinski definition) is 0. The summed E-state index contributed by atoms with van der Waals surface area (Å²) in [6.45, 7) is 0. The molecule has 0 bridgehead atoms. The predicted molar refractivity (Wildman–Crippen MR) is 288 cm³/mol. The van der Waals surface area contributed by atoms with Gasteiger partial charge in [-0.2, -0.15) is 0 Å². The van der Waals surface area contributed by atoms with Gasteiger partial charge in [-0.3, -0.25) is 0 Å². The fourth-order valence-corrected chi connectivity index (χ4v) is 10.5. The second-order valence-electron chi connectivity index (χ2n) is 17.6. The molecule has 0 aliphatic rings. The number of furan rings is 1. The molecule has 0 aliphatic heterocycles. The number of nitrogens with zero attached hydrogens (tertiary/aromatic N) is 1. The molecule has 0 amide bonds. The summed E-state index contributed by atoms with van der Waals surface area (Å²) in [5.41, 5.74) is 16.8. The highest BCUT2D eigenvalue weighted by molar-refractivity contribution is 6.22. The summed E-state index contributed by atoms with van der Waals surface area (Å²) in [4.78, 5) is 2.39. The molecule has 1 heterocycles. The molecular weight excluding hydrogens is 823 g/mol. The van der Waals surface area contributed by atoms with E-state index < -0.39 is 0 Å². The Balaban J connectivity index is 0.965. The van der Waals surface area contributed by atoms with Gasteiger partial charge in [0, 0.05) is 33.4 Å². The van der Waals surface area contributed by atoms with Crippen LogP contribution in [0.1, 0.15) is 0 Å². The Morgan fingerprint density at radius 3 is 1.41 bits per heavy atom. The Bertz CT molecular complexity index is 3980. The van der Waals surface area contributed by atoms with E-state index >= 15 is 0 Å². The van der Waals surface area contributed by atoms with Gasteiger partial charge in [0.15, 0.2) is 0 Å². The van der Waals surface area contributed by atoms with E-state index in [9.17, 15) is 0 Å². The van der Waals surface area contributed by atoms with E-state index in [0.29, 0.717) is 0 Å². The smallest absolute Gasteiger partial charge is 0.143 e. The van der Waals surface area contributed by atoms with Crippen LogP contribution in [0.4, 0.5) is 17.1 Å². The summed E-state index contributed by atoms with van der Waals surface area (Å²) < 4.78 is 6.50. The Hall–Kier alpha value is -8.98. The zero-order chi connectivity index (χ0) is 45.0. The number of anilines is 3. The van der Waals surface area contributed by atoms with Gasteiger partial charge in [-0.15, -0.1) is 0 Å². The Kier molecular flexibility index (Phi) is 9.54. The van der Waals surface area contributed by atoms with Gasteiger partial charge in [-0.1, -0.05) is 218 Å². The fourth-order valence-electron chi connectivity index (χ4n) is 10.5. The van der Waals surface area contributed by atoms with Crippen molar-refractivity contribution in [3.63, 3.8) is 0 Å². The topological polar surface area (TPSA) is 16.4 Å². The van der Waals surface area contributed by atoms with Crippen LogP contribution in [0, 0.1) is 0 Å². The van der Waals surface area contributed by atoms with Crippen molar-refractivity contribution in [3.8, 4) is 55.6 Å². The molecule has 0 unspecified atom stereocenters. The van der Waals surface area contributed by atoms with Crippen LogP contribution in [-0.2, 0) is 0 Å². The second kappa shape index (κ2) is 16.5. The molecule has 0 fully saturated rings. The Labute approximate surface area is 395 Å². The molecule has 13 rings (SSSR count). The van der Waals surface area contributed by atoms with E-state index in [0.717, 1.165) is 55.7 Å². The second-order valence-corrected chi connectivity index (χ2v) is 17.6. The third kappa shape index (κ3) is 6.73. The van der Waals surface area contributed by atoms with Crippen LogP contribution in [0.5, 0.6) is 0 Å². The van der Waals surface area contributed by atoms with Gasteiger partial charge in [0.05, 0.1) is 0 Å². The van der Waals surface area contributed by atoms with Gasteiger partial charge >= 0.3 is 0 Å². The van der Waals surface area contributed by atoms with Gasteiger partial charge < -0.3 is 9.32 Å². The lowest BCUT2D eigenvalue weighted by Crippen LogP contribution is -2.10. The fraction of sp³-hybridized carbons (Fsp3) is 0. The normalized spacial score (nSPS) is 11.5. The highest BCUT2D eigenvalue weighted by atomic mass is 16.3. The molecule has 0 N–H and O–H groups in total. The van der Waals surface area contributed by atoms with Crippen molar-refractivity contribution in [1.29, 1.82) is 0 Å². The minimum absolute atomic E-state index is 0.899. The van der Waals surface area contributed by atoms with E-state index in [1.54, 1.807) is 0 Å². The van der Waals surface area contributed by atoms with Gasteiger partial charge in [0.2, 0.25) is 0 Å². The highest BCUT2D eigenvalue weighted by Crippen LogP contribution is 2.47. The molecule has 0 saturated heterocycles. The lowest BCUT2D eigenvalue weighted by Gasteiger charge is -2.27. The van der Waals surface area contributed by atoms with Crippen molar-refractivity contribution in [2.75, 3.05) is 4.90 Å². The molecule has 13 aromatic rings. The largest absolute Gasteiger partial charge is 0.455 e. The molecule has 68 heavy (non-hydrogen) atoms. The molecular formula is C66H43NO. The van der Waals surface area contributed by atoms with Crippen molar-refractivity contribution in [2.45, 2.75) is 0 Å². The third-order valence-electron chi connectivity index (χ3n) is 13.7. The van der Waals surface area contributed by atoms with Crippen LogP contribution < -0.4 is 4.90 Å². The Morgan fingerprint density at radius 2 is 0.706 bits per heavy atom. The van der Waals surface area contributed by atoms with Crippen LogP contribution in [0.25, 0.3) is 110 Å². The molecule has 12 aromatic carbocycles. The first-order valence-electron chi connectivity index (χ1n) is 23.3.